The van der Waals surface area contributed by atoms with Crippen LogP contribution in [0, 0.1) is 0 Å². The van der Waals surface area contributed by atoms with Gasteiger partial charge in [-0.2, -0.15) is 0 Å². The molecule has 0 saturated heterocycles. The quantitative estimate of drug-likeness (QED) is 0.442. The molecule has 0 heterocycles. The molecule has 1 atom stereocenters. The fourth-order valence-electron chi connectivity index (χ4n) is 1.03. The predicted molar refractivity (Wildman–Crippen MR) is 51.2 cm³/mol. The molecule has 0 aromatic carbocycles. The average molecular weight is 170 g/mol. The van der Waals surface area contributed by atoms with Gasteiger partial charge < -0.3 is 5.21 Å². The SMILES string of the molecule is C=CCN(CC=C)C(C)CNO. The molecule has 0 rings (SSSR count). The summed E-state index contributed by atoms with van der Waals surface area (Å²) in [5.74, 6) is 0. The second-order valence-corrected chi connectivity index (χ2v) is 2.74. The van der Waals surface area contributed by atoms with Crippen LogP contribution < -0.4 is 5.48 Å². The smallest absolute Gasteiger partial charge is 0.0361 e. The van der Waals surface area contributed by atoms with Crippen LogP contribution in [0.4, 0.5) is 0 Å². The molecule has 0 aromatic heterocycles. The van der Waals surface area contributed by atoms with Gasteiger partial charge in [0.1, 0.15) is 0 Å². The molecule has 0 amide bonds. The van der Waals surface area contributed by atoms with E-state index in [-0.39, 0.29) is 6.04 Å². The summed E-state index contributed by atoms with van der Waals surface area (Å²) >= 11 is 0. The molecule has 1 unspecified atom stereocenters. The van der Waals surface area contributed by atoms with Gasteiger partial charge in [-0.15, -0.1) is 13.2 Å². The van der Waals surface area contributed by atoms with E-state index in [2.05, 4.69) is 23.5 Å². The van der Waals surface area contributed by atoms with E-state index < -0.39 is 0 Å². The summed E-state index contributed by atoms with van der Waals surface area (Å²) in [7, 11) is 0. The van der Waals surface area contributed by atoms with Crippen molar-refractivity contribution in [2.24, 2.45) is 0 Å². The molecule has 3 heteroatoms. The van der Waals surface area contributed by atoms with E-state index in [4.69, 9.17) is 5.21 Å². The first-order valence-electron chi connectivity index (χ1n) is 4.09. The Hall–Kier alpha value is -0.640. The highest BCUT2D eigenvalue weighted by molar-refractivity contribution is 4.83. The zero-order chi connectivity index (χ0) is 9.40. The predicted octanol–water partition coefficient (Wildman–Crippen LogP) is 1.03. The second kappa shape index (κ2) is 7.03. The lowest BCUT2D eigenvalue weighted by atomic mass is 10.2. The maximum Gasteiger partial charge on any atom is 0.0361 e. The number of nitrogens with one attached hydrogen (secondary N) is 1. The van der Waals surface area contributed by atoms with E-state index >= 15 is 0 Å². The number of hydrogen-bond acceptors (Lipinski definition) is 3. The summed E-state index contributed by atoms with van der Waals surface area (Å²) in [6.45, 7) is 11.6. The highest BCUT2D eigenvalue weighted by Crippen LogP contribution is 1.97. The van der Waals surface area contributed by atoms with Crippen LogP contribution in [-0.2, 0) is 0 Å². The van der Waals surface area contributed by atoms with Crippen molar-refractivity contribution < 1.29 is 5.21 Å². The first-order chi connectivity index (χ1) is 5.76. The minimum atomic E-state index is 0.283. The van der Waals surface area contributed by atoms with Crippen LogP contribution in [-0.4, -0.2) is 35.8 Å². The summed E-state index contributed by atoms with van der Waals surface area (Å²) in [6.07, 6.45) is 3.69. The minimum absolute atomic E-state index is 0.283. The molecular formula is C9H18N2O. The van der Waals surface area contributed by atoms with Crippen LogP contribution in [0.1, 0.15) is 6.92 Å². The highest BCUT2D eigenvalue weighted by atomic mass is 16.5. The Balaban J connectivity index is 3.88. The Morgan fingerprint density at radius 3 is 2.25 bits per heavy atom. The van der Waals surface area contributed by atoms with Gasteiger partial charge >= 0.3 is 0 Å². The summed E-state index contributed by atoms with van der Waals surface area (Å²) < 4.78 is 0. The summed E-state index contributed by atoms with van der Waals surface area (Å²) in [4.78, 5) is 2.16. The first kappa shape index (κ1) is 11.4. The summed E-state index contributed by atoms with van der Waals surface area (Å²) in [5.41, 5.74) is 2.15. The van der Waals surface area contributed by atoms with E-state index in [0.717, 1.165) is 13.1 Å². The summed E-state index contributed by atoms with van der Waals surface area (Å²) in [5, 5.41) is 8.49. The van der Waals surface area contributed by atoms with Gasteiger partial charge in [0.2, 0.25) is 0 Å². The van der Waals surface area contributed by atoms with Crippen molar-refractivity contribution >= 4 is 0 Å². The van der Waals surface area contributed by atoms with Crippen molar-refractivity contribution in [2.75, 3.05) is 19.6 Å². The third-order valence-corrected chi connectivity index (χ3v) is 1.74. The standard InChI is InChI=1S/C9H18N2O/c1-4-6-11(7-5-2)9(3)8-10-12/h4-5,9-10,12H,1-2,6-8H2,3H3. The van der Waals surface area contributed by atoms with Gasteiger partial charge in [-0.25, -0.2) is 5.48 Å². The third-order valence-electron chi connectivity index (χ3n) is 1.74. The maximum absolute atomic E-state index is 8.49. The topological polar surface area (TPSA) is 35.5 Å². The second-order valence-electron chi connectivity index (χ2n) is 2.74. The molecule has 2 N–H and O–H groups in total. The molecular weight excluding hydrogens is 152 g/mol. The van der Waals surface area contributed by atoms with Crippen molar-refractivity contribution in [1.82, 2.24) is 10.4 Å². The molecule has 0 aliphatic rings. The van der Waals surface area contributed by atoms with Gasteiger partial charge in [-0.3, -0.25) is 4.90 Å². The van der Waals surface area contributed by atoms with Gasteiger partial charge in [-0.05, 0) is 6.92 Å². The largest absolute Gasteiger partial charge is 0.317 e. The van der Waals surface area contributed by atoms with Crippen LogP contribution >= 0.6 is 0 Å². The summed E-state index contributed by atoms with van der Waals surface area (Å²) in [6, 6.07) is 0.283. The van der Waals surface area contributed by atoms with E-state index in [9.17, 15) is 0 Å². The number of hydroxylamine groups is 1. The zero-order valence-corrected chi connectivity index (χ0v) is 7.66. The molecule has 12 heavy (non-hydrogen) atoms. The first-order valence-corrected chi connectivity index (χ1v) is 4.09. The monoisotopic (exact) mass is 170 g/mol. The molecule has 0 spiro atoms. The van der Waals surface area contributed by atoms with E-state index in [1.165, 1.54) is 0 Å². The van der Waals surface area contributed by atoms with Crippen molar-refractivity contribution in [1.29, 1.82) is 0 Å². The number of rotatable bonds is 7. The van der Waals surface area contributed by atoms with Crippen LogP contribution in [0.3, 0.4) is 0 Å². The van der Waals surface area contributed by atoms with Crippen molar-refractivity contribution in [3.05, 3.63) is 25.3 Å². The Bertz CT molecular complexity index is 126. The van der Waals surface area contributed by atoms with Gasteiger partial charge in [0.15, 0.2) is 0 Å². The number of hydrogen-bond donors (Lipinski definition) is 2. The highest BCUT2D eigenvalue weighted by Gasteiger charge is 2.09. The van der Waals surface area contributed by atoms with Gasteiger partial charge in [0, 0.05) is 25.7 Å². The molecule has 0 radical (unpaired) electrons. The minimum Gasteiger partial charge on any atom is -0.317 e. The molecule has 0 aromatic rings. The molecule has 70 valence electrons. The maximum atomic E-state index is 8.49. The van der Waals surface area contributed by atoms with E-state index in [1.54, 1.807) is 0 Å². The van der Waals surface area contributed by atoms with Crippen molar-refractivity contribution in [2.45, 2.75) is 13.0 Å². The van der Waals surface area contributed by atoms with E-state index in [0.29, 0.717) is 6.54 Å². The lowest BCUT2D eigenvalue weighted by molar-refractivity contribution is 0.127. The Labute approximate surface area is 74.3 Å². The van der Waals surface area contributed by atoms with Gasteiger partial charge in [-0.1, -0.05) is 12.2 Å². The Kier molecular flexibility index (Phi) is 6.66. The van der Waals surface area contributed by atoms with E-state index in [1.807, 2.05) is 19.1 Å². The molecule has 0 saturated carbocycles. The van der Waals surface area contributed by atoms with Crippen LogP contribution in [0.5, 0.6) is 0 Å². The molecule has 0 bridgehead atoms. The fourth-order valence-corrected chi connectivity index (χ4v) is 1.03. The van der Waals surface area contributed by atoms with Crippen molar-refractivity contribution in [3.63, 3.8) is 0 Å². The van der Waals surface area contributed by atoms with Gasteiger partial charge in [0.05, 0.1) is 0 Å². The van der Waals surface area contributed by atoms with Crippen LogP contribution in [0.25, 0.3) is 0 Å². The normalized spacial score (nSPS) is 12.9. The van der Waals surface area contributed by atoms with Gasteiger partial charge in [0.25, 0.3) is 0 Å². The Morgan fingerprint density at radius 1 is 1.42 bits per heavy atom. The van der Waals surface area contributed by atoms with Crippen molar-refractivity contribution in [3.8, 4) is 0 Å². The lowest BCUT2D eigenvalue weighted by Crippen LogP contribution is -2.39. The molecule has 0 fully saturated rings. The lowest BCUT2D eigenvalue weighted by Gasteiger charge is -2.25. The van der Waals surface area contributed by atoms with Crippen LogP contribution in [0.2, 0.25) is 0 Å². The third kappa shape index (κ3) is 4.28. The zero-order valence-electron chi connectivity index (χ0n) is 7.66. The molecule has 0 aliphatic heterocycles. The Morgan fingerprint density at radius 2 is 1.92 bits per heavy atom. The number of nitrogens with zero attached hydrogens (tertiary/aromatic N) is 1. The molecule has 0 aliphatic carbocycles. The average Bonchev–Trinajstić information content (AvgIpc) is 2.04. The fraction of sp³-hybridized carbons (Fsp3) is 0.556. The van der Waals surface area contributed by atoms with Crippen LogP contribution in [0.15, 0.2) is 25.3 Å². The molecule has 3 nitrogen and oxygen atoms in total.